The van der Waals surface area contributed by atoms with Crippen molar-refractivity contribution in [2.24, 2.45) is 5.92 Å². The van der Waals surface area contributed by atoms with E-state index in [9.17, 15) is 4.79 Å². The highest BCUT2D eigenvalue weighted by molar-refractivity contribution is 6.30. The highest BCUT2D eigenvalue weighted by Gasteiger charge is 2.27. The fraction of sp³-hybridized carbons (Fsp3) is 0.423. The van der Waals surface area contributed by atoms with Crippen molar-refractivity contribution < 1.29 is 18.8 Å². The van der Waals surface area contributed by atoms with Crippen molar-refractivity contribution in [3.63, 3.8) is 0 Å². The number of piperidine rings is 1. The largest absolute Gasteiger partial charge is 0.490 e. The van der Waals surface area contributed by atoms with Gasteiger partial charge in [-0.25, -0.2) is 0 Å². The van der Waals surface area contributed by atoms with Crippen LogP contribution in [0, 0.1) is 5.92 Å². The van der Waals surface area contributed by atoms with Crippen molar-refractivity contribution >= 4 is 17.5 Å². The fourth-order valence-corrected chi connectivity index (χ4v) is 4.30. The minimum atomic E-state index is -0.0866. The van der Waals surface area contributed by atoms with Crippen LogP contribution >= 0.6 is 11.6 Å². The second kappa shape index (κ2) is 12.0. The number of nitrogens with one attached hydrogen (secondary N) is 1. The van der Waals surface area contributed by atoms with Crippen molar-refractivity contribution in [3.05, 3.63) is 58.9 Å². The molecule has 0 saturated carbocycles. The van der Waals surface area contributed by atoms with Crippen LogP contribution in [0.5, 0.6) is 11.5 Å². The van der Waals surface area contributed by atoms with Gasteiger partial charge in [-0.05, 0) is 75.2 Å². The zero-order valence-electron chi connectivity index (χ0n) is 20.1. The van der Waals surface area contributed by atoms with Gasteiger partial charge in [0.05, 0.1) is 25.7 Å². The lowest BCUT2D eigenvalue weighted by Crippen LogP contribution is -2.42. The van der Waals surface area contributed by atoms with Gasteiger partial charge in [-0.2, -0.15) is 4.98 Å². The lowest BCUT2D eigenvalue weighted by molar-refractivity contribution is -0.127. The summed E-state index contributed by atoms with van der Waals surface area (Å²) < 4.78 is 16.8. The molecule has 4 rings (SSSR count). The predicted molar refractivity (Wildman–Crippen MR) is 133 cm³/mol. The highest BCUT2D eigenvalue weighted by atomic mass is 35.5. The molecule has 1 atom stereocenters. The molecule has 1 saturated heterocycles. The average molecular weight is 499 g/mol. The SMILES string of the molecule is CCOc1ccc(CNC(=O)C2CCCN(Cc3nc(-c4ccc(Cl)cc4)no3)C2)cc1OCC. The van der Waals surface area contributed by atoms with E-state index in [0.717, 1.165) is 30.5 Å². The summed E-state index contributed by atoms with van der Waals surface area (Å²) in [5.41, 5.74) is 1.82. The number of rotatable bonds is 10. The second-order valence-electron chi connectivity index (χ2n) is 8.46. The maximum absolute atomic E-state index is 12.9. The third-order valence-electron chi connectivity index (χ3n) is 5.88. The normalized spacial score (nSPS) is 16.1. The van der Waals surface area contributed by atoms with Crippen LogP contribution in [-0.2, 0) is 17.9 Å². The molecule has 9 heteroatoms. The Morgan fingerprint density at radius 3 is 2.69 bits per heavy atom. The Balaban J connectivity index is 1.31. The average Bonchev–Trinajstić information content (AvgIpc) is 3.33. The number of carbonyl (C=O) groups is 1. The van der Waals surface area contributed by atoms with E-state index in [1.54, 1.807) is 12.1 Å². The van der Waals surface area contributed by atoms with Gasteiger partial charge in [-0.1, -0.05) is 22.8 Å². The van der Waals surface area contributed by atoms with E-state index in [1.807, 2.05) is 44.2 Å². The molecule has 2 heterocycles. The van der Waals surface area contributed by atoms with Crippen LogP contribution in [0.15, 0.2) is 47.0 Å². The first kappa shape index (κ1) is 25.0. The van der Waals surface area contributed by atoms with Crippen LogP contribution in [0.25, 0.3) is 11.4 Å². The lowest BCUT2D eigenvalue weighted by Gasteiger charge is -2.30. The van der Waals surface area contributed by atoms with E-state index in [-0.39, 0.29) is 11.8 Å². The number of halogens is 1. The molecule has 8 nitrogen and oxygen atoms in total. The Labute approximate surface area is 210 Å². The van der Waals surface area contributed by atoms with Crippen molar-refractivity contribution in [1.82, 2.24) is 20.4 Å². The molecule has 2 aromatic carbocycles. The quantitative estimate of drug-likeness (QED) is 0.432. The third-order valence-corrected chi connectivity index (χ3v) is 6.13. The Bertz CT molecular complexity index is 1120. The molecular formula is C26H31ClN4O4. The molecule has 0 aliphatic carbocycles. The number of carbonyl (C=O) groups excluding carboxylic acids is 1. The second-order valence-corrected chi connectivity index (χ2v) is 8.89. The third kappa shape index (κ3) is 6.74. The van der Waals surface area contributed by atoms with Crippen LogP contribution in [-0.4, -0.2) is 47.3 Å². The fourth-order valence-electron chi connectivity index (χ4n) is 4.18. The molecule has 1 aromatic heterocycles. The monoisotopic (exact) mass is 498 g/mol. The Hall–Kier alpha value is -3.10. The van der Waals surface area contributed by atoms with Crippen LogP contribution in [0.4, 0.5) is 0 Å². The first-order chi connectivity index (χ1) is 17.1. The Morgan fingerprint density at radius 2 is 1.91 bits per heavy atom. The summed E-state index contributed by atoms with van der Waals surface area (Å²) in [7, 11) is 0. The van der Waals surface area contributed by atoms with Gasteiger partial charge in [-0.3, -0.25) is 9.69 Å². The van der Waals surface area contributed by atoms with Crippen molar-refractivity contribution in [1.29, 1.82) is 0 Å². The summed E-state index contributed by atoms with van der Waals surface area (Å²) in [4.78, 5) is 19.6. The molecule has 1 aliphatic heterocycles. The van der Waals surface area contributed by atoms with Crippen LogP contribution < -0.4 is 14.8 Å². The van der Waals surface area contributed by atoms with Crippen LogP contribution in [0.3, 0.4) is 0 Å². The minimum Gasteiger partial charge on any atom is -0.490 e. The van der Waals surface area contributed by atoms with Gasteiger partial charge >= 0.3 is 0 Å². The van der Waals surface area contributed by atoms with E-state index in [4.69, 9.17) is 25.6 Å². The van der Waals surface area contributed by atoms with Gasteiger partial charge in [0.25, 0.3) is 0 Å². The van der Waals surface area contributed by atoms with Gasteiger partial charge < -0.3 is 19.3 Å². The summed E-state index contributed by atoms with van der Waals surface area (Å²) in [6.07, 6.45) is 1.80. The van der Waals surface area contributed by atoms with Gasteiger partial charge in [0.2, 0.25) is 17.6 Å². The summed E-state index contributed by atoms with van der Waals surface area (Å²) in [6.45, 7) is 7.49. The molecule has 1 aliphatic rings. The standard InChI is InChI=1S/C26H31ClN4O4/c1-3-33-22-12-7-18(14-23(22)34-4-2)15-28-26(32)20-6-5-13-31(16-20)17-24-29-25(30-35-24)19-8-10-21(27)11-9-19/h7-12,14,20H,3-6,13,15-17H2,1-2H3,(H,28,32). The Morgan fingerprint density at radius 1 is 1.14 bits per heavy atom. The summed E-state index contributed by atoms with van der Waals surface area (Å²) >= 11 is 5.95. The number of hydrogen-bond acceptors (Lipinski definition) is 7. The number of likely N-dealkylation sites (tertiary alicyclic amines) is 1. The minimum absolute atomic E-state index is 0.0499. The topological polar surface area (TPSA) is 89.7 Å². The van der Waals surface area contributed by atoms with E-state index >= 15 is 0 Å². The van der Waals surface area contributed by atoms with Crippen LogP contribution in [0.1, 0.15) is 38.1 Å². The zero-order valence-corrected chi connectivity index (χ0v) is 20.9. The maximum Gasteiger partial charge on any atom is 0.241 e. The number of aromatic nitrogens is 2. The van der Waals surface area contributed by atoms with E-state index in [2.05, 4.69) is 20.4 Å². The van der Waals surface area contributed by atoms with Gasteiger partial charge in [0, 0.05) is 23.7 Å². The van der Waals surface area contributed by atoms with E-state index in [0.29, 0.717) is 61.1 Å². The molecule has 0 spiro atoms. The smallest absolute Gasteiger partial charge is 0.241 e. The summed E-state index contributed by atoms with van der Waals surface area (Å²) in [5, 5.41) is 7.82. The molecular weight excluding hydrogens is 468 g/mol. The predicted octanol–water partition coefficient (Wildman–Crippen LogP) is 4.72. The molecule has 1 N–H and O–H groups in total. The maximum atomic E-state index is 12.9. The number of benzene rings is 2. The molecule has 1 fully saturated rings. The van der Waals surface area contributed by atoms with Crippen molar-refractivity contribution in [3.8, 4) is 22.9 Å². The van der Waals surface area contributed by atoms with Gasteiger partial charge in [0.1, 0.15) is 0 Å². The Kier molecular flexibility index (Phi) is 8.60. The van der Waals surface area contributed by atoms with Gasteiger partial charge in [0.15, 0.2) is 11.5 Å². The number of ether oxygens (including phenoxy) is 2. The van der Waals surface area contributed by atoms with Gasteiger partial charge in [-0.15, -0.1) is 0 Å². The first-order valence-electron chi connectivity index (χ1n) is 12.0. The van der Waals surface area contributed by atoms with Crippen molar-refractivity contribution in [2.75, 3.05) is 26.3 Å². The number of nitrogens with zero attached hydrogens (tertiary/aromatic N) is 3. The summed E-state index contributed by atoms with van der Waals surface area (Å²) in [6, 6.07) is 13.1. The zero-order chi connectivity index (χ0) is 24.6. The molecule has 3 aromatic rings. The molecule has 0 radical (unpaired) electrons. The van der Waals surface area contributed by atoms with Crippen LogP contribution in [0.2, 0.25) is 5.02 Å². The molecule has 0 bridgehead atoms. The highest BCUT2D eigenvalue weighted by Crippen LogP contribution is 2.29. The molecule has 186 valence electrons. The summed E-state index contributed by atoms with van der Waals surface area (Å²) in [5.74, 6) is 2.44. The van der Waals surface area contributed by atoms with E-state index < -0.39 is 0 Å². The number of amides is 1. The lowest BCUT2D eigenvalue weighted by atomic mass is 9.97. The number of hydrogen-bond donors (Lipinski definition) is 1. The van der Waals surface area contributed by atoms with Crippen molar-refractivity contribution in [2.45, 2.75) is 39.8 Å². The first-order valence-corrected chi connectivity index (χ1v) is 12.4. The van der Waals surface area contributed by atoms with E-state index in [1.165, 1.54) is 0 Å². The molecule has 1 amide bonds. The molecule has 35 heavy (non-hydrogen) atoms. The molecule has 1 unspecified atom stereocenters.